The first-order chi connectivity index (χ1) is 19.3. The van der Waals surface area contributed by atoms with Crippen LogP contribution in [0, 0.1) is 52.3 Å². The molecule has 4 fully saturated rings. The van der Waals surface area contributed by atoms with Crippen molar-refractivity contribution in [3.05, 3.63) is 12.2 Å². The molecule has 0 aliphatic heterocycles. The van der Waals surface area contributed by atoms with Crippen molar-refractivity contribution in [2.45, 2.75) is 97.9 Å². The summed E-state index contributed by atoms with van der Waals surface area (Å²) in [5.74, 6) is 2.05. The standard InChI is InChI=1S/C26H44O12S3.3Na.3H/c1-15(2)6-7-16(3)18-8-9-19-17-12-22(34-41(29,30)31)21-13-23(32-39-37-35-27)24(33-40-38-36-28)14-26(21,5)20(17)10-11-25(18,19)4;;;;;;/h6-7,15-24,27-28H,8-14H2,1-5H3,(H,29,30,31);;;;;;/q;3*+1;3*-1/b7-6+;;;;;;. The van der Waals surface area contributed by atoms with Gasteiger partial charge in [0.1, 0.15) is 12.2 Å². The van der Waals surface area contributed by atoms with Gasteiger partial charge < -0.3 is 4.28 Å². The van der Waals surface area contributed by atoms with Crippen molar-refractivity contribution in [2.24, 2.45) is 52.3 Å². The summed E-state index contributed by atoms with van der Waals surface area (Å²) in [5.41, 5.74) is -0.310. The molecule has 12 nitrogen and oxygen atoms in total. The maximum atomic E-state index is 12.1. The SMILES string of the molecule is CC(C)/C=C/C(C)C1CCC2C3CC(OS(=O)(=O)O)C4CC(OSOOO)C(OSOOO)CC4(C)C3CCC12C.[H-].[H-].[H-].[Na+].[Na+].[Na+]. The van der Waals surface area contributed by atoms with Crippen LogP contribution < -0.4 is 88.7 Å². The van der Waals surface area contributed by atoms with Crippen LogP contribution in [0.1, 0.15) is 83.8 Å². The molecule has 44 heavy (non-hydrogen) atoms. The number of fused-ring (bicyclic) bond motifs is 5. The Balaban J connectivity index is -0.00000323. The third kappa shape index (κ3) is 10.5. The summed E-state index contributed by atoms with van der Waals surface area (Å²) < 4.78 is 59.7. The van der Waals surface area contributed by atoms with E-state index in [1.807, 2.05) is 0 Å². The molecule has 11 atom stereocenters. The topological polar surface area (TPSA) is 159 Å². The van der Waals surface area contributed by atoms with E-state index < -0.39 is 34.1 Å². The molecule has 0 amide bonds. The van der Waals surface area contributed by atoms with Crippen molar-refractivity contribution in [3.63, 3.8) is 0 Å². The Morgan fingerprint density at radius 2 is 1.41 bits per heavy atom. The van der Waals surface area contributed by atoms with Crippen molar-refractivity contribution in [2.75, 3.05) is 0 Å². The van der Waals surface area contributed by atoms with Crippen molar-refractivity contribution in [1.29, 1.82) is 0 Å². The molecule has 244 valence electrons. The molecule has 4 saturated carbocycles. The first kappa shape index (κ1) is 45.0. The van der Waals surface area contributed by atoms with Gasteiger partial charge in [-0.05, 0) is 97.2 Å². The second kappa shape index (κ2) is 19.6. The van der Waals surface area contributed by atoms with Crippen molar-refractivity contribution >= 4 is 35.0 Å². The van der Waals surface area contributed by atoms with E-state index in [9.17, 15) is 13.0 Å². The minimum absolute atomic E-state index is 0. The van der Waals surface area contributed by atoms with Crippen LogP contribution in [0.4, 0.5) is 0 Å². The van der Waals surface area contributed by atoms with Gasteiger partial charge in [0.25, 0.3) is 0 Å². The molecule has 0 spiro atoms. The fourth-order valence-electron chi connectivity index (χ4n) is 9.31. The summed E-state index contributed by atoms with van der Waals surface area (Å²) in [6, 6.07) is 0. The minimum atomic E-state index is -4.72. The number of hydrogen-bond acceptors (Lipinski definition) is 13. The average molecular weight is 717 g/mol. The molecular weight excluding hydrogens is 669 g/mol. The van der Waals surface area contributed by atoms with E-state index in [-0.39, 0.29) is 116 Å². The molecule has 0 radical (unpaired) electrons. The van der Waals surface area contributed by atoms with Gasteiger partial charge in [-0.3, -0.25) is 12.9 Å². The van der Waals surface area contributed by atoms with E-state index in [0.717, 1.165) is 25.7 Å². The van der Waals surface area contributed by atoms with Gasteiger partial charge in [0, 0.05) is 0 Å². The Morgan fingerprint density at radius 1 is 0.818 bits per heavy atom. The van der Waals surface area contributed by atoms with Gasteiger partial charge >= 0.3 is 99.1 Å². The van der Waals surface area contributed by atoms with E-state index in [1.165, 1.54) is 0 Å². The Bertz CT molecular complexity index is 1030. The summed E-state index contributed by atoms with van der Waals surface area (Å²) >= 11 is 0.851. The quantitative estimate of drug-likeness (QED) is 0.0365. The first-order valence-electron chi connectivity index (χ1n) is 14.3. The molecular formula is C26H47Na3O12S3. The van der Waals surface area contributed by atoms with Crippen molar-refractivity contribution < 1.29 is 148 Å². The van der Waals surface area contributed by atoms with Gasteiger partial charge in [0.2, 0.25) is 0 Å². The zero-order valence-electron chi connectivity index (χ0n) is 30.1. The molecule has 0 bridgehead atoms. The van der Waals surface area contributed by atoms with Crippen LogP contribution in [0.2, 0.25) is 0 Å². The second-order valence-electron chi connectivity index (χ2n) is 13.1. The van der Waals surface area contributed by atoms with Crippen LogP contribution in [0.3, 0.4) is 0 Å². The first-order valence-corrected chi connectivity index (χ1v) is 17.0. The van der Waals surface area contributed by atoms with E-state index in [2.05, 4.69) is 65.5 Å². The maximum Gasteiger partial charge on any atom is 1.00 e. The minimum Gasteiger partial charge on any atom is -1.00 e. The molecule has 0 saturated heterocycles. The van der Waals surface area contributed by atoms with E-state index in [0.29, 0.717) is 67.6 Å². The van der Waals surface area contributed by atoms with Gasteiger partial charge in [-0.1, -0.05) is 56.8 Å². The van der Waals surface area contributed by atoms with Crippen LogP contribution >= 0.6 is 24.6 Å². The van der Waals surface area contributed by atoms with Gasteiger partial charge in [-0.25, -0.2) is 14.7 Å². The zero-order valence-corrected chi connectivity index (χ0v) is 35.6. The normalized spacial score (nSPS) is 38.9. The fraction of sp³-hybridized carbons (Fsp3) is 0.923. The number of rotatable bonds is 13. The molecule has 0 aromatic rings. The van der Waals surface area contributed by atoms with E-state index >= 15 is 0 Å². The Kier molecular flexibility index (Phi) is 20.0. The predicted molar refractivity (Wildman–Crippen MR) is 153 cm³/mol. The van der Waals surface area contributed by atoms with Gasteiger partial charge in [-0.2, -0.15) is 8.42 Å². The molecule has 4 aliphatic carbocycles. The zero-order chi connectivity index (χ0) is 30.0. The smallest absolute Gasteiger partial charge is 1.00 e. The Morgan fingerprint density at radius 3 is 1.98 bits per heavy atom. The predicted octanol–water partition coefficient (Wildman–Crippen LogP) is -2.01. The van der Waals surface area contributed by atoms with Crippen LogP contribution in [-0.4, -0.2) is 41.8 Å². The molecule has 18 heteroatoms. The fourth-order valence-corrected chi connectivity index (χ4v) is 10.5. The molecule has 3 N–H and O–H groups in total. The molecule has 0 aromatic heterocycles. The number of hydrogen-bond donors (Lipinski definition) is 3. The summed E-state index contributed by atoms with van der Waals surface area (Å²) in [7, 11) is -4.72. The molecule has 11 unspecified atom stereocenters. The van der Waals surface area contributed by atoms with Crippen molar-refractivity contribution in [1.82, 2.24) is 0 Å². The van der Waals surface area contributed by atoms with Gasteiger partial charge in [-0.15, -0.1) is 8.67 Å². The van der Waals surface area contributed by atoms with Crippen LogP contribution in [0.15, 0.2) is 12.2 Å². The van der Waals surface area contributed by atoms with Gasteiger partial charge in [0.15, 0.2) is 24.6 Å². The Hall–Kier alpha value is 2.99. The van der Waals surface area contributed by atoms with E-state index in [4.69, 9.17) is 23.1 Å². The summed E-state index contributed by atoms with van der Waals surface area (Å²) in [4.78, 5) is 0. The molecule has 0 heterocycles. The van der Waals surface area contributed by atoms with Crippen molar-refractivity contribution in [3.8, 4) is 0 Å². The summed E-state index contributed by atoms with van der Waals surface area (Å²) in [6.07, 6.45) is 8.19. The second-order valence-corrected chi connectivity index (χ2v) is 15.1. The molecule has 4 rings (SSSR count). The number of allylic oxidation sites excluding steroid dienone is 2. The Labute approximate surface area is 341 Å². The summed E-state index contributed by atoms with van der Waals surface area (Å²) in [5, 5.41) is 24.4. The maximum absolute atomic E-state index is 12.1. The van der Waals surface area contributed by atoms with Gasteiger partial charge in [0.05, 0.1) is 6.10 Å². The van der Waals surface area contributed by atoms with E-state index in [1.54, 1.807) is 0 Å². The third-order valence-electron chi connectivity index (χ3n) is 10.8. The molecule has 0 aromatic carbocycles. The largest absolute Gasteiger partial charge is 1.00 e. The monoisotopic (exact) mass is 716 g/mol. The van der Waals surface area contributed by atoms with Crippen LogP contribution in [-0.2, 0) is 41.7 Å². The van der Waals surface area contributed by atoms with Crippen LogP contribution in [0.25, 0.3) is 0 Å². The van der Waals surface area contributed by atoms with Crippen LogP contribution in [0.5, 0.6) is 0 Å². The third-order valence-corrected chi connectivity index (χ3v) is 12.2. The average Bonchev–Trinajstić information content (AvgIpc) is 3.24. The summed E-state index contributed by atoms with van der Waals surface area (Å²) in [6.45, 7) is 11.3. The molecule has 4 aliphatic rings.